The molecule has 1 aliphatic rings. The van der Waals surface area contributed by atoms with E-state index in [4.69, 9.17) is 23.2 Å². The average Bonchev–Trinajstić information content (AvgIpc) is 2.45. The van der Waals surface area contributed by atoms with Gasteiger partial charge in [-0.3, -0.25) is 9.59 Å². The second kappa shape index (κ2) is 7.14. The summed E-state index contributed by atoms with van der Waals surface area (Å²) in [7, 11) is 0. The summed E-state index contributed by atoms with van der Waals surface area (Å²) in [5, 5.41) is 6.06. The zero-order chi connectivity index (χ0) is 15.4. The Labute approximate surface area is 134 Å². The van der Waals surface area contributed by atoms with Crippen molar-refractivity contribution in [1.29, 1.82) is 0 Å². The van der Waals surface area contributed by atoms with Crippen molar-refractivity contribution in [1.82, 2.24) is 5.32 Å². The number of amides is 2. The van der Waals surface area contributed by atoms with E-state index in [1.165, 1.54) is 12.5 Å². The third kappa shape index (κ3) is 4.35. The molecule has 1 fully saturated rings. The lowest BCUT2D eigenvalue weighted by Crippen LogP contribution is -2.45. The molecule has 1 saturated carbocycles. The fourth-order valence-electron chi connectivity index (χ4n) is 2.54. The molecule has 114 valence electrons. The van der Waals surface area contributed by atoms with E-state index in [1.807, 2.05) is 0 Å². The van der Waals surface area contributed by atoms with Crippen LogP contribution in [0.3, 0.4) is 0 Å². The van der Waals surface area contributed by atoms with Crippen molar-refractivity contribution < 1.29 is 9.59 Å². The maximum atomic E-state index is 12.0. The largest absolute Gasteiger partial charge is 0.345 e. The van der Waals surface area contributed by atoms with E-state index in [0.29, 0.717) is 21.7 Å². The molecule has 4 nitrogen and oxygen atoms in total. The lowest BCUT2D eigenvalue weighted by Gasteiger charge is -2.29. The van der Waals surface area contributed by atoms with Crippen LogP contribution in [-0.2, 0) is 9.59 Å². The first-order chi connectivity index (χ1) is 9.97. The second-order valence-corrected chi connectivity index (χ2v) is 6.26. The number of nitrogens with one attached hydrogen (secondary N) is 2. The Morgan fingerprint density at radius 2 is 1.86 bits per heavy atom. The number of rotatable bonds is 2. The maximum absolute atomic E-state index is 12.0. The average molecular weight is 329 g/mol. The van der Waals surface area contributed by atoms with Crippen LogP contribution in [-0.4, -0.2) is 17.9 Å². The number of hydrogen-bond acceptors (Lipinski definition) is 2. The SMILES string of the molecule is CC1CCCCC1NC(=O)C(=O)Nc1cc(Cl)ccc1Cl. The van der Waals surface area contributed by atoms with Crippen molar-refractivity contribution in [2.75, 3.05) is 5.32 Å². The number of halogens is 2. The third-order valence-corrected chi connectivity index (χ3v) is 4.38. The summed E-state index contributed by atoms with van der Waals surface area (Å²) in [6.07, 6.45) is 4.25. The molecule has 1 aliphatic carbocycles. The molecular formula is C15H18Cl2N2O2. The molecule has 0 aliphatic heterocycles. The van der Waals surface area contributed by atoms with E-state index < -0.39 is 11.8 Å². The van der Waals surface area contributed by atoms with Crippen LogP contribution < -0.4 is 10.6 Å². The normalized spacial score (nSPS) is 21.7. The minimum atomic E-state index is -0.725. The molecule has 1 aromatic rings. The Morgan fingerprint density at radius 3 is 2.57 bits per heavy atom. The molecule has 2 amide bonds. The summed E-state index contributed by atoms with van der Waals surface area (Å²) in [4.78, 5) is 23.9. The number of carbonyl (C=O) groups is 2. The van der Waals surface area contributed by atoms with Crippen LogP contribution in [0.25, 0.3) is 0 Å². The van der Waals surface area contributed by atoms with Gasteiger partial charge in [0.15, 0.2) is 0 Å². The molecule has 0 saturated heterocycles. The molecule has 0 radical (unpaired) electrons. The van der Waals surface area contributed by atoms with Gasteiger partial charge in [0.25, 0.3) is 0 Å². The zero-order valence-corrected chi connectivity index (χ0v) is 13.3. The van der Waals surface area contributed by atoms with E-state index in [2.05, 4.69) is 17.6 Å². The van der Waals surface area contributed by atoms with Crippen molar-refractivity contribution in [2.45, 2.75) is 38.6 Å². The van der Waals surface area contributed by atoms with Crippen LogP contribution in [0.5, 0.6) is 0 Å². The molecule has 2 N–H and O–H groups in total. The monoisotopic (exact) mass is 328 g/mol. The van der Waals surface area contributed by atoms with Gasteiger partial charge in [0.1, 0.15) is 0 Å². The molecule has 21 heavy (non-hydrogen) atoms. The predicted octanol–water partition coefficient (Wildman–Crippen LogP) is 3.63. The maximum Gasteiger partial charge on any atom is 0.313 e. The Balaban J connectivity index is 1.96. The molecular weight excluding hydrogens is 311 g/mol. The quantitative estimate of drug-likeness (QED) is 0.814. The Kier molecular flexibility index (Phi) is 5.48. The van der Waals surface area contributed by atoms with Crippen LogP contribution in [0.15, 0.2) is 18.2 Å². The highest BCUT2D eigenvalue weighted by molar-refractivity contribution is 6.42. The summed E-state index contributed by atoms with van der Waals surface area (Å²) < 4.78 is 0. The fraction of sp³-hybridized carbons (Fsp3) is 0.467. The van der Waals surface area contributed by atoms with Gasteiger partial charge in [0.2, 0.25) is 0 Å². The molecule has 2 rings (SSSR count). The highest BCUT2D eigenvalue weighted by Crippen LogP contribution is 2.26. The molecule has 2 unspecified atom stereocenters. The van der Waals surface area contributed by atoms with Crippen LogP contribution in [0.1, 0.15) is 32.6 Å². The number of hydrogen-bond donors (Lipinski definition) is 2. The number of carbonyl (C=O) groups excluding carboxylic acids is 2. The highest BCUT2D eigenvalue weighted by atomic mass is 35.5. The van der Waals surface area contributed by atoms with Gasteiger partial charge in [-0.25, -0.2) is 0 Å². The van der Waals surface area contributed by atoms with Crippen molar-refractivity contribution in [2.24, 2.45) is 5.92 Å². The molecule has 0 aromatic heterocycles. The summed E-state index contributed by atoms with van der Waals surface area (Å²) in [6, 6.07) is 4.76. The Bertz CT molecular complexity index is 548. The van der Waals surface area contributed by atoms with Gasteiger partial charge < -0.3 is 10.6 Å². The molecule has 0 spiro atoms. The topological polar surface area (TPSA) is 58.2 Å². The van der Waals surface area contributed by atoms with E-state index in [-0.39, 0.29) is 6.04 Å². The van der Waals surface area contributed by atoms with Gasteiger partial charge >= 0.3 is 11.8 Å². The lowest BCUT2D eigenvalue weighted by molar-refractivity contribution is -0.137. The summed E-state index contributed by atoms with van der Waals surface area (Å²) in [5.41, 5.74) is 0.334. The summed E-state index contributed by atoms with van der Waals surface area (Å²) >= 11 is 11.8. The third-order valence-electron chi connectivity index (χ3n) is 3.81. The first-order valence-electron chi connectivity index (χ1n) is 7.04. The van der Waals surface area contributed by atoms with Crippen LogP contribution >= 0.6 is 23.2 Å². The number of benzene rings is 1. The fourth-order valence-corrected chi connectivity index (χ4v) is 2.87. The Hall–Kier alpha value is -1.26. The van der Waals surface area contributed by atoms with Gasteiger partial charge in [-0.05, 0) is 37.0 Å². The summed E-state index contributed by atoms with van der Waals surface area (Å²) in [5.74, 6) is -0.966. The molecule has 0 heterocycles. The van der Waals surface area contributed by atoms with Crippen LogP contribution in [0.2, 0.25) is 10.0 Å². The number of anilines is 1. The van der Waals surface area contributed by atoms with Crippen LogP contribution in [0.4, 0.5) is 5.69 Å². The zero-order valence-electron chi connectivity index (χ0n) is 11.8. The summed E-state index contributed by atoms with van der Waals surface area (Å²) in [6.45, 7) is 2.09. The smallest absolute Gasteiger partial charge is 0.313 e. The highest BCUT2D eigenvalue weighted by Gasteiger charge is 2.25. The van der Waals surface area contributed by atoms with Gasteiger partial charge in [0.05, 0.1) is 10.7 Å². The predicted molar refractivity (Wildman–Crippen MR) is 84.7 cm³/mol. The first kappa shape index (κ1) is 16.1. The first-order valence-corrected chi connectivity index (χ1v) is 7.80. The van der Waals surface area contributed by atoms with E-state index in [1.54, 1.807) is 12.1 Å². The lowest BCUT2D eigenvalue weighted by atomic mass is 9.86. The van der Waals surface area contributed by atoms with E-state index >= 15 is 0 Å². The Morgan fingerprint density at radius 1 is 1.14 bits per heavy atom. The van der Waals surface area contributed by atoms with E-state index in [9.17, 15) is 9.59 Å². The van der Waals surface area contributed by atoms with Crippen molar-refractivity contribution in [3.8, 4) is 0 Å². The van der Waals surface area contributed by atoms with Crippen molar-refractivity contribution in [3.63, 3.8) is 0 Å². The second-order valence-electron chi connectivity index (χ2n) is 5.42. The van der Waals surface area contributed by atoms with Crippen LogP contribution in [0, 0.1) is 5.92 Å². The van der Waals surface area contributed by atoms with Gasteiger partial charge in [-0.1, -0.05) is 43.0 Å². The molecule has 1 aromatic carbocycles. The van der Waals surface area contributed by atoms with Crippen molar-refractivity contribution >= 4 is 40.7 Å². The molecule has 2 atom stereocenters. The van der Waals surface area contributed by atoms with Gasteiger partial charge in [-0.2, -0.15) is 0 Å². The minimum absolute atomic E-state index is 0.0619. The van der Waals surface area contributed by atoms with Crippen molar-refractivity contribution in [3.05, 3.63) is 28.2 Å². The molecule has 0 bridgehead atoms. The van der Waals surface area contributed by atoms with Gasteiger partial charge in [0, 0.05) is 11.1 Å². The minimum Gasteiger partial charge on any atom is -0.345 e. The standard InChI is InChI=1S/C15H18Cl2N2O2/c1-9-4-2-3-5-12(9)18-14(20)15(21)19-13-8-10(16)6-7-11(13)17/h6-9,12H,2-5H2,1H3,(H,18,20)(H,19,21). The van der Waals surface area contributed by atoms with Gasteiger partial charge in [-0.15, -0.1) is 0 Å². The van der Waals surface area contributed by atoms with E-state index in [0.717, 1.165) is 19.3 Å². The molecule has 6 heteroatoms.